The van der Waals surface area contributed by atoms with Crippen LogP contribution in [0.25, 0.3) is 22.5 Å². The lowest BCUT2D eigenvalue weighted by Crippen LogP contribution is -2.24. The first-order valence-corrected chi connectivity index (χ1v) is 9.02. The standard InChI is InChI=1S/C22H23N3O3/c1-15-18(17-10-8-16(12-26)9-11-17)6-5-7-19(15)20-23-13-25(24-20)14-28-21(27)22(2,3)4/h5-13H,14H2,1-4H3. The largest absolute Gasteiger partial charge is 0.442 e. The lowest BCUT2D eigenvalue weighted by molar-refractivity contribution is -0.157. The van der Waals surface area contributed by atoms with Gasteiger partial charge in [-0.15, -0.1) is 5.10 Å². The molecule has 0 aliphatic heterocycles. The molecule has 3 rings (SSSR count). The molecule has 0 N–H and O–H groups in total. The lowest BCUT2D eigenvalue weighted by atomic mass is 9.95. The number of nitrogens with zero attached hydrogens (tertiary/aromatic N) is 3. The summed E-state index contributed by atoms with van der Waals surface area (Å²) in [6, 6.07) is 13.4. The summed E-state index contributed by atoms with van der Waals surface area (Å²) < 4.78 is 6.78. The van der Waals surface area contributed by atoms with Gasteiger partial charge in [0.15, 0.2) is 12.6 Å². The molecule has 0 unspecified atom stereocenters. The van der Waals surface area contributed by atoms with Crippen molar-refractivity contribution in [1.29, 1.82) is 0 Å². The summed E-state index contributed by atoms with van der Waals surface area (Å²) in [4.78, 5) is 27.1. The van der Waals surface area contributed by atoms with E-state index in [1.54, 1.807) is 39.2 Å². The van der Waals surface area contributed by atoms with Gasteiger partial charge in [0.05, 0.1) is 5.41 Å². The normalized spacial score (nSPS) is 11.3. The SMILES string of the molecule is Cc1c(-c2ccc(C=O)cc2)cccc1-c1ncn(COC(=O)C(C)(C)C)n1. The zero-order chi connectivity index (χ0) is 20.3. The van der Waals surface area contributed by atoms with Crippen LogP contribution in [0.4, 0.5) is 0 Å². The predicted molar refractivity (Wildman–Crippen MR) is 107 cm³/mol. The molecule has 28 heavy (non-hydrogen) atoms. The summed E-state index contributed by atoms with van der Waals surface area (Å²) in [5, 5.41) is 4.44. The second-order valence-electron chi connectivity index (χ2n) is 7.64. The van der Waals surface area contributed by atoms with Crippen LogP contribution in [0.5, 0.6) is 0 Å². The molecule has 0 fully saturated rings. The van der Waals surface area contributed by atoms with Gasteiger partial charge in [-0.2, -0.15) is 0 Å². The second kappa shape index (κ2) is 7.76. The maximum absolute atomic E-state index is 11.9. The first-order chi connectivity index (χ1) is 13.3. The Morgan fingerprint density at radius 3 is 2.43 bits per heavy atom. The number of benzene rings is 2. The van der Waals surface area contributed by atoms with Crippen LogP contribution in [0.2, 0.25) is 0 Å². The van der Waals surface area contributed by atoms with Crippen molar-refractivity contribution in [2.45, 2.75) is 34.4 Å². The van der Waals surface area contributed by atoms with Gasteiger partial charge in [-0.3, -0.25) is 9.59 Å². The van der Waals surface area contributed by atoms with E-state index in [1.807, 2.05) is 37.3 Å². The summed E-state index contributed by atoms with van der Waals surface area (Å²) in [7, 11) is 0. The van der Waals surface area contributed by atoms with Crippen molar-refractivity contribution in [2.75, 3.05) is 0 Å². The maximum Gasteiger partial charge on any atom is 0.313 e. The lowest BCUT2D eigenvalue weighted by Gasteiger charge is -2.16. The number of carbonyl (C=O) groups is 2. The molecule has 2 aromatic carbocycles. The molecule has 0 amide bonds. The molecule has 0 atom stereocenters. The fraction of sp³-hybridized carbons (Fsp3) is 0.273. The van der Waals surface area contributed by atoms with E-state index in [0.717, 1.165) is 28.5 Å². The zero-order valence-electron chi connectivity index (χ0n) is 16.5. The Kier molecular flexibility index (Phi) is 5.40. The molecule has 0 saturated carbocycles. The van der Waals surface area contributed by atoms with E-state index >= 15 is 0 Å². The number of ether oxygens (including phenoxy) is 1. The molecule has 3 aromatic rings. The predicted octanol–water partition coefficient (Wildman–Crippen LogP) is 4.28. The van der Waals surface area contributed by atoms with Crippen LogP contribution < -0.4 is 0 Å². The van der Waals surface area contributed by atoms with Crippen molar-refractivity contribution in [3.8, 4) is 22.5 Å². The fourth-order valence-corrected chi connectivity index (χ4v) is 2.75. The van der Waals surface area contributed by atoms with Gasteiger partial charge in [0, 0.05) is 11.1 Å². The Balaban J connectivity index is 1.84. The summed E-state index contributed by atoms with van der Waals surface area (Å²) in [6.45, 7) is 7.45. The molecule has 0 radical (unpaired) electrons. The average Bonchev–Trinajstić information content (AvgIpc) is 3.14. The van der Waals surface area contributed by atoms with Crippen molar-refractivity contribution >= 4 is 12.3 Å². The van der Waals surface area contributed by atoms with Crippen molar-refractivity contribution in [3.63, 3.8) is 0 Å². The fourth-order valence-electron chi connectivity index (χ4n) is 2.75. The Morgan fingerprint density at radius 1 is 1.11 bits per heavy atom. The van der Waals surface area contributed by atoms with Crippen LogP contribution in [-0.2, 0) is 16.3 Å². The van der Waals surface area contributed by atoms with Crippen molar-refractivity contribution in [2.24, 2.45) is 5.41 Å². The third-order valence-corrected chi connectivity index (χ3v) is 4.41. The summed E-state index contributed by atoms with van der Waals surface area (Å²) in [5.41, 5.74) is 4.08. The molecule has 1 aromatic heterocycles. The highest BCUT2D eigenvalue weighted by Crippen LogP contribution is 2.30. The number of esters is 1. The third kappa shape index (κ3) is 4.17. The number of hydrogen-bond acceptors (Lipinski definition) is 5. The minimum Gasteiger partial charge on any atom is -0.442 e. The van der Waals surface area contributed by atoms with Crippen LogP contribution in [0.15, 0.2) is 48.8 Å². The van der Waals surface area contributed by atoms with Gasteiger partial charge < -0.3 is 4.74 Å². The number of aldehydes is 1. The van der Waals surface area contributed by atoms with E-state index in [9.17, 15) is 9.59 Å². The number of carbonyl (C=O) groups excluding carboxylic acids is 2. The quantitative estimate of drug-likeness (QED) is 0.490. The van der Waals surface area contributed by atoms with Gasteiger partial charge in [-0.05, 0) is 44.4 Å². The van der Waals surface area contributed by atoms with Crippen molar-refractivity contribution in [3.05, 3.63) is 59.9 Å². The molecule has 0 bridgehead atoms. The van der Waals surface area contributed by atoms with Crippen molar-refractivity contribution < 1.29 is 14.3 Å². The smallest absolute Gasteiger partial charge is 0.313 e. The molecule has 0 aliphatic carbocycles. The Bertz CT molecular complexity index is 999. The van der Waals surface area contributed by atoms with Gasteiger partial charge in [-0.1, -0.05) is 42.5 Å². The van der Waals surface area contributed by atoms with E-state index in [1.165, 1.54) is 4.68 Å². The highest BCUT2D eigenvalue weighted by atomic mass is 16.5. The van der Waals surface area contributed by atoms with Crippen LogP contribution in [0.1, 0.15) is 36.7 Å². The molecule has 6 nitrogen and oxygen atoms in total. The molecule has 0 saturated heterocycles. The van der Waals surface area contributed by atoms with E-state index in [-0.39, 0.29) is 12.7 Å². The van der Waals surface area contributed by atoms with Gasteiger partial charge in [0.2, 0.25) is 0 Å². The molecular formula is C22H23N3O3. The topological polar surface area (TPSA) is 74.1 Å². The van der Waals surface area contributed by atoms with E-state index in [0.29, 0.717) is 11.4 Å². The highest BCUT2D eigenvalue weighted by molar-refractivity contribution is 5.79. The van der Waals surface area contributed by atoms with Crippen molar-refractivity contribution in [1.82, 2.24) is 14.8 Å². The molecular weight excluding hydrogens is 354 g/mol. The Labute approximate surface area is 164 Å². The summed E-state index contributed by atoms with van der Waals surface area (Å²) >= 11 is 0. The minimum atomic E-state index is -0.562. The second-order valence-corrected chi connectivity index (χ2v) is 7.64. The third-order valence-electron chi connectivity index (χ3n) is 4.41. The van der Waals surface area contributed by atoms with Crippen LogP contribution in [-0.4, -0.2) is 27.0 Å². The van der Waals surface area contributed by atoms with Crippen LogP contribution in [0.3, 0.4) is 0 Å². The first kappa shape index (κ1) is 19.5. The molecule has 6 heteroatoms. The van der Waals surface area contributed by atoms with Gasteiger partial charge in [-0.25, -0.2) is 9.67 Å². The molecule has 0 aliphatic rings. The summed E-state index contributed by atoms with van der Waals surface area (Å²) in [5.74, 6) is 0.275. The first-order valence-electron chi connectivity index (χ1n) is 9.02. The van der Waals surface area contributed by atoms with Crippen LogP contribution in [0, 0.1) is 12.3 Å². The Morgan fingerprint density at radius 2 is 1.79 bits per heavy atom. The van der Waals surface area contributed by atoms with E-state index < -0.39 is 5.41 Å². The van der Waals surface area contributed by atoms with E-state index in [4.69, 9.17) is 4.74 Å². The zero-order valence-corrected chi connectivity index (χ0v) is 16.5. The average molecular weight is 377 g/mol. The number of aromatic nitrogens is 3. The molecule has 144 valence electrons. The highest BCUT2D eigenvalue weighted by Gasteiger charge is 2.23. The van der Waals surface area contributed by atoms with Gasteiger partial charge in [0.25, 0.3) is 0 Å². The molecule has 0 spiro atoms. The number of rotatable bonds is 5. The summed E-state index contributed by atoms with van der Waals surface area (Å²) in [6.07, 6.45) is 2.38. The van der Waals surface area contributed by atoms with E-state index in [2.05, 4.69) is 10.1 Å². The van der Waals surface area contributed by atoms with Gasteiger partial charge in [0.1, 0.15) is 12.6 Å². The Hall–Kier alpha value is -3.28. The minimum absolute atomic E-state index is 0.0228. The molecule has 1 heterocycles. The number of hydrogen-bond donors (Lipinski definition) is 0. The van der Waals surface area contributed by atoms with Gasteiger partial charge >= 0.3 is 5.97 Å². The van der Waals surface area contributed by atoms with Crippen LogP contribution >= 0.6 is 0 Å². The monoisotopic (exact) mass is 377 g/mol. The maximum atomic E-state index is 11.9.